The molecule has 7 rings (SSSR count). The van der Waals surface area contributed by atoms with Gasteiger partial charge in [0.25, 0.3) is 0 Å². The van der Waals surface area contributed by atoms with Gasteiger partial charge in [-0.05, 0) is 110 Å². The molecule has 2 heterocycles. The van der Waals surface area contributed by atoms with Gasteiger partial charge in [-0.2, -0.15) is 5.10 Å². The van der Waals surface area contributed by atoms with E-state index in [-0.39, 0.29) is 5.92 Å². The number of nitrogens with one attached hydrogen (secondary N) is 2. The summed E-state index contributed by atoms with van der Waals surface area (Å²) in [5, 5.41) is 13.7. The maximum Gasteiger partial charge on any atom is 0.225 e. The fourth-order valence-corrected chi connectivity index (χ4v) is 7.88. The van der Waals surface area contributed by atoms with Crippen LogP contribution in [0.15, 0.2) is 118 Å². The first kappa shape index (κ1) is 39.9. The lowest BCUT2D eigenvalue weighted by molar-refractivity contribution is 0.463. The first-order chi connectivity index (χ1) is 26.5. The van der Waals surface area contributed by atoms with Crippen molar-refractivity contribution in [2.24, 2.45) is 10.1 Å². The number of aliphatic imine (C=N–C) groups is 1. The summed E-state index contributed by atoms with van der Waals surface area (Å²) >= 11 is 18.9. The summed E-state index contributed by atoms with van der Waals surface area (Å²) in [7, 11) is 0. The van der Waals surface area contributed by atoms with Crippen molar-refractivity contribution in [3.05, 3.63) is 136 Å². The lowest BCUT2D eigenvalue weighted by Crippen LogP contribution is -2.34. The molecule has 6 nitrogen and oxygen atoms in total. The van der Waals surface area contributed by atoms with E-state index in [2.05, 4.69) is 76.8 Å². The number of unbranched alkanes of at least 4 members (excludes halogenated alkanes) is 4. The Bertz CT molecular complexity index is 1990. The molecule has 2 aliphatic rings. The molecule has 0 fully saturated rings. The standard InChI is InChI=1S/C42H44Cl2N6S.C2H5Cl/c43-32-21-19-31(20-22-32)40-37(30-13-5-4-6-14-30)29-50(48-40)42(49-51-34-25-23-33(44)24-26-34)46-28-12-3-1-2-11-27-45-41-35-15-7-9-17-38(35)47-39-18-10-8-16-36(39)41;1-2-3/h4-7,9,13-15,17,19-26,37H,1-3,8,10-12,16,18,27-29H2,(H,45,47)(H,46,49);2H2,1H3. The molecule has 1 aromatic heterocycles. The smallest absolute Gasteiger partial charge is 0.225 e. The van der Waals surface area contributed by atoms with Crippen LogP contribution in [0.4, 0.5) is 5.69 Å². The van der Waals surface area contributed by atoms with Crippen LogP contribution in [0.25, 0.3) is 10.9 Å². The van der Waals surface area contributed by atoms with Gasteiger partial charge in [0.2, 0.25) is 5.96 Å². The number of benzene rings is 4. The molecule has 1 aliphatic heterocycles. The lowest BCUT2D eigenvalue weighted by Gasteiger charge is -2.21. The van der Waals surface area contributed by atoms with Gasteiger partial charge in [0, 0.05) is 56.6 Å². The Hall–Kier alpha value is -3.75. The second-order valence-electron chi connectivity index (χ2n) is 13.5. The molecular weight excluding hydrogens is 751 g/mol. The predicted octanol–water partition coefficient (Wildman–Crippen LogP) is 12.2. The Morgan fingerprint density at radius 3 is 2.26 bits per heavy atom. The normalized spacial score (nSPS) is 15.3. The van der Waals surface area contributed by atoms with Crippen molar-refractivity contribution in [1.82, 2.24) is 14.7 Å². The zero-order valence-corrected chi connectivity index (χ0v) is 34.0. The van der Waals surface area contributed by atoms with Crippen molar-refractivity contribution in [2.45, 2.75) is 75.5 Å². The third-order valence-electron chi connectivity index (χ3n) is 9.64. The van der Waals surface area contributed by atoms with E-state index in [9.17, 15) is 0 Å². The summed E-state index contributed by atoms with van der Waals surface area (Å²) in [6, 6.07) is 35.0. The first-order valence-corrected chi connectivity index (χ1v) is 21.2. The molecular formula is C44H49Cl3N6S. The van der Waals surface area contributed by atoms with E-state index in [1.807, 2.05) is 48.3 Å². The Morgan fingerprint density at radius 2 is 1.48 bits per heavy atom. The summed E-state index contributed by atoms with van der Waals surface area (Å²) in [4.78, 5) is 11.1. The number of anilines is 1. The number of aryl methyl sites for hydroxylation is 1. The van der Waals surface area contributed by atoms with Crippen LogP contribution in [0.5, 0.6) is 0 Å². The summed E-state index contributed by atoms with van der Waals surface area (Å²) < 4.78 is 3.53. The van der Waals surface area contributed by atoms with Gasteiger partial charge < -0.3 is 5.32 Å². The largest absolute Gasteiger partial charge is 0.384 e. The summed E-state index contributed by atoms with van der Waals surface area (Å²) in [5.41, 5.74) is 8.46. The Kier molecular flexibility index (Phi) is 15.4. The average Bonchev–Trinajstić information content (AvgIpc) is 3.65. The number of aromatic nitrogens is 1. The Balaban J connectivity index is 0.00000160. The number of guanidine groups is 1. The fourth-order valence-electron chi connectivity index (χ4n) is 6.98. The summed E-state index contributed by atoms with van der Waals surface area (Å²) in [5.74, 6) is 1.58. The molecule has 5 aromatic rings. The van der Waals surface area contributed by atoms with Crippen molar-refractivity contribution in [3.63, 3.8) is 0 Å². The highest BCUT2D eigenvalue weighted by molar-refractivity contribution is 7.98. The molecule has 10 heteroatoms. The number of hydrogen-bond donors (Lipinski definition) is 2. The van der Waals surface area contributed by atoms with Gasteiger partial charge >= 0.3 is 0 Å². The molecule has 54 heavy (non-hydrogen) atoms. The predicted molar refractivity (Wildman–Crippen MR) is 233 cm³/mol. The summed E-state index contributed by atoms with van der Waals surface area (Å²) in [6.45, 7) is 4.30. The highest BCUT2D eigenvalue weighted by Crippen LogP contribution is 2.34. The van der Waals surface area contributed by atoms with Crippen LogP contribution < -0.4 is 10.0 Å². The van der Waals surface area contributed by atoms with E-state index < -0.39 is 0 Å². The molecule has 282 valence electrons. The average molecular weight is 800 g/mol. The van der Waals surface area contributed by atoms with Crippen molar-refractivity contribution in [3.8, 4) is 0 Å². The van der Waals surface area contributed by atoms with Crippen molar-refractivity contribution in [2.75, 3.05) is 30.8 Å². The van der Waals surface area contributed by atoms with E-state index in [4.69, 9.17) is 49.9 Å². The van der Waals surface area contributed by atoms with E-state index in [0.717, 1.165) is 83.7 Å². The van der Waals surface area contributed by atoms with Gasteiger partial charge in [0.1, 0.15) is 0 Å². The van der Waals surface area contributed by atoms with Gasteiger partial charge in [-0.15, -0.1) is 11.6 Å². The molecule has 1 atom stereocenters. The number of alkyl halides is 1. The number of para-hydroxylation sites is 1. The minimum Gasteiger partial charge on any atom is -0.384 e. The molecule has 0 spiro atoms. The molecule has 0 bridgehead atoms. The number of fused-ring (bicyclic) bond motifs is 2. The molecule has 1 aliphatic carbocycles. The number of rotatable bonds is 13. The lowest BCUT2D eigenvalue weighted by atomic mass is 9.91. The molecule has 0 saturated carbocycles. The number of hydrazone groups is 1. The number of halogens is 3. The topological polar surface area (TPSA) is 64.9 Å². The fraction of sp³-hybridized carbons (Fsp3) is 0.341. The van der Waals surface area contributed by atoms with Crippen LogP contribution in [0.2, 0.25) is 10.0 Å². The molecule has 0 saturated heterocycles. The zero-order valence-electron chi connectivity index (χ0n) is 30.9. The van der Waals surface area contributed by atoms with Crippen LogP contribution in [-0.4, -0.2) is 47.2 Å². The quantitative estimate of drug-likeness (QED) is 0.0408. The maximum atomic E-state index is 6.25. The highest BCUT2D eigenvalue weighted by atomic mass is 35.5. The van der Waals surface area contributed by atoms with Gasteiger partial charge in [0.05, 0.1) is 17.8 Å². The second-order valence-corrected chi connectivity index (χ2v) is 15.8. The van der Waals surface area contributed by atoms with Crippen LogP contribution >= 0.6 is 46.8 Å². The third-order valence-corrected chi connectivity index (χ3v) is 10.9. The van der Waals surface area contributed by atoms with Gasteiger partial charge in [0.15, 0.2) is 0 Å². The second kappa shape index (κ2) is 20.8. The molecule has 0 amide bonds. The molecule has 0 radical (unpaired) electrons. The van der Waals surface area contributed by atoms with Crippen molar-refractivity contribution < 1.29 is 0 Å². The van der Waals surface area contributed by atoms with Crippen LogP contribution in [0, 0.1) is 0 Å². The first-order valence-electron chi connectivity index (χ1n) is 19.1. The van der Waals surface area contributed by atoms with E-state index in [1.54, 1.807) is 0 Å². The molecule has 4 aromatic carbocycles. The molecule has 1 unspecified atom stereocenters. The minimum absolute atomic E-state index is 0.101. The van der Waals surface area contributed by atoms with Crippen molar-refractivity contribution >= 4 is 75.0 Å². The van der Waals surface area contributed by atoms with Gasteiger partial charge in [-0.3, -0.25) is 14.7 Å². The Morgan fingerprint density at radius 1 is 0.815 bits per heavy atom. The van der Waals surface area contributed by atoms with Gasteiger partial charge in [-0.1, -0.05) is 110 Å². The van der Waals surface area contributed by atoms with Crippen LogP contribution in [0.3, 0.4) is 0 Å². The highest BCUT2D eigenvalue weighted by Gasteiger charge is 2.31. The monoisotopic (exact) mass is 798 g/mol. The van der Waals surface area contributed by atoms with Crippen molar-refractivity contribution in [1.29, 1.82) is 0 Å². The van der Waals surface area contributed by atoms with Gasteiger partial charge in [-0.25, -0.2) is 5.01 Å². The van der Waals surface area contributed by atoms with E-state index in [0.29, 0.717) is 11.6 Å². The minimum atomic E-state index is 0.101. The maximum absolute atomic E-state index is 6.25. The SMILES string of the molecule is CCCl.Clc1ccc(SNC(=NCCCCCCCNc2c3c(nc4ccccc24)CCCC3)N2CC(c3ccccc3)C(c3ccc(Cl)cc3)=N2)cc1. The summed E-state index contributed by atoms with van der Waals surface area (Å²) in [6.07, 6.45) is 10.4. The molecule has 2 N–H and O–H groups in total. The Labute approximate surface area is 339 Å². The number of hydrogen-bond acceptors (Lipinski definition) is 5. The van der Waals surface area contributed by atoms with E-state index >= 15 is 0 Å². The number of nitrogens with zero attached hydrogens (tertiary/aromatic N) is 4. The van der Waals surface area contributed by atoms with E-state index in [1.165, 1.54) is 65.5 Å². The van der Waals surface area contributed by atoms with Crippen LogP contribution in [0.1, 0.15) is 80.2 Å². The zero-order chi connectivity index (χ0) is 37.5. The van der Waals surface area contributed by atoms with Crippen LogP contribution in [-0.2, 0) is 12.8 Å². The third kappa shape index (κ3) is 10.9. The number of pyridine rings is 1.